The molecule has 3 aliphatic rings. The second-order valence-corrected chi connectivity index (χ2v) is 9.17. The third-order valence-electron chi connectivity index (χ3n) is 7.03. The van der Waals surface area contributed by atoms with Gasteiger partial charge in [-0.25, -0.2) is 0 Å². The Morgan fingerprint density at radius 3 is 2.17 bits per heavy atom. The quantitative estimate of drug-likeness (QED) is 0.369. The zero-order valence-corrected chi connectivity index (χ0v) is 19.4. The summed E-state index contributed by atoms with van der Waals surface area (Å²) >= 11 is 0. The van der Waals surface area contributed by atoms with Crippen molar-refractivity contribution in [2.75, 3.05) is 72.5 Å². The molecule has 30 heavy (non-hydrogen) atoms. The molecule has 0 aromatic rings. The minimum absolute atomic E-state index is 0.000119. The Balaban J connectivity index is 1.29. The Morgan fingerprint density at radius 2 is 1.50 bits per heavy atom. The van der Waals surface area contributed by atoms with Crippen molar-refractivity contribution in [3.05, 3.63) is 0 Å². The molecule has 3 aliphatic heterocycles. The van der Waals surface area contributed by atoms with Crippen molar-refractivity contribution in [3.63, 3.8) is 0 Å². The minimum Gasteiger partial charge on any atom is -0.356 e. The molecule has 3 saturated heterocycles. The van der Waals surface area contributed by atoms with Crippen LogP contribution in [0.1, 0.15) is 58.3 Å². The molecule has 0 saturated carbocycles. The fourth-order valence-corrected chi connectivity index (χ4v) is 5.03. The zero-order valence-electron chi connectivity index (χ0n) is 19.4. The van der Waals surface area contributed by atoms with E-state index in [1.54, 1.807) is 0 Å². The Hall–Kier alpha value is -1.34. The fraction of sp³-hybridized carbons (Fsp3) is 0.913. The number of rotatable bonds is 8. The molecule has 1 unspecified atom stereocenters. The number of carbonyl (C=O) groups is 1. The Kier molecular flexibility index (Phi) is 9.72. The van der Waals surface area contributed by atoms with Crippen LogP contribution in [0.2, 0.25) is 0 Å². The molecular weight excluding hydrogens is 376 g/mol. The van der Waals surface area contributed by atoms with E-state index in [4.69, 9.17) is 0 Å². The van der Waals surface area contributed by atoms with E-state index in [2.05, 4.69) is 31.9 Å². The Labute approximate surface area is 183 Å². The summed E-state index contributed by atoms with van der Waals surface area (Å²) in [4.78, 5) is 26.5. The van der Waals surface area contributed by atoms with Gasteiger partial charge in [-0.3, -0.25) is 14.7 Å². The summed E-state index contributed by atoms with van der Waals surface area (Å²) in [5.41, 5.74) is 0. The molecule has 3 rings (SSSR count). The van der Waals surface area contributed by atoms with Crippen LogP contribution in [0.25, 0.3) is 0 Å². The molecule has 1 amide bonds. The van der Waals surface area contributed by atoms with Crippen LogP contribution >= 0.6 is 0 Å². The zero-order chi connectivity index (χ0) is 21.2. The number of piperidine rings is 1. The van der Waals surface area contributed by atoms with Gasteiger partial charge in [0.15, 0.2) is 5.96 Å². The highest BCUT2D eigenvalue weighted by Crippen LogP contribution is 2.14. The first-order chi connectivity index (χ1) is 14.7. The summed E-state index contributed by atoms with van der Waals surface area (Å²) < 4.78 is 0. The van der Waals surface area contributed by atoms with Crippen molar-refractivity contribution >= 4 is 11.9 Å². The lowest BCUT2D eigenvalue weighted by atomic mass is 10.1. The molecule has 172 valence electrons. The van der Waals surface area contributed by atoms with Gasteiger partial charge in [-0.2, -0.15) is 0 Å². The van der Waals surface area contributed by atoms with Gasteiger partial charge in [-0.1, -0.05) is 12.8 Å². The summed E-state index contributed by atoms with van der Waals surface area (Å²) in [5, 5.41) is 3.56. The predicted molar refractivity (Wildman–Crippen MR) is 124 cm³/mol. The van der Waals surface area contributed by atoms with Crippen molar-refractivity contribution < 1.29 is 4.79 Å². The number of nitrogens with one attached hydrogen (secondary N) is 1. The van der Waals surface area contributed by atoms with Crippen LogP contribution < -0.4 is 5.32 Å². The van der Waals surface area contributed by atoms with Crippen LogP contribution in [0.3, 0.4) is 0 Å². The molecule has 3 heterocycles. The monoisotopic (exact) mass is 420 g/mol. The van der Waals surface area contributed by atoms with Crippen LogP contribution in [0.15, 0.2) is 4.99 Å². The van der Waals surface area contributed by atoms with Crippen LogP contribution in [0.5, 0.6) is 0 Å². The number of amides is 1. The third-order valence-corrected chi connectivity index (χ3v) is 7.03. The minimum atomic E-state index is 0.000119. The van der Waals surface area contributed by atoms with E-state index in [1.165, 1.54) is 58.2 Å². The number of hydrogen-bond acceptors (Lipinski definition) is 4. The second-order valence-electron chi connectivity index (χ2n) is 9.17. The molecule has 7 nitrogen and oxygen atoms in total. The number of likely N-dealkylation sites (tertiary alicyclic amines) is 2. The maximum Gasteiger partial charge on any atom is 0.239 e. The second kappa shape index (κ2) is 12.5. The smallest absolute Gasteiger partial charge is 0.239 e. The standard InChI is InChI=1S/C23H44N6O/c1-21(22(30)28-15-9-10-16-28)27-17-19-29(20-18-27)23(24-2)25-11-5-3-6-12-26-13-7-4-8-14-26/h21H,3-20H2,1-2H3,(H,24,25). The van der Waals surface area contributed by atoms with Gasteiger partial charge in [0.2, 0.25) is 5.91 Å². The lowest BCUT2D eigenvalue weighted by Gasteiger charge is -2.39. The van der Waals surface area contributed by atoms with Crippen molar-refractivity contribution in [3.8, 4) is 0 Å². The van der Waals surface area contributed by atoms with Crippen molar-refractivity contribution in [1.82, 2.24) is 24.9 Å². The van der Waals surface area contributed by atoms with E-state index in [0.29, 0.717) is 5.91 Å². The van der Waals surface area contributed by atoms with E-state index in [9.17, 15) is 4.79 Å². The number of carbonyl (C=O) groups excluding carboxylic acids is 1. The van der Waals surface area contributed by atoms with Gasteiger partial charge in [0, 0.05) is 52.9 Å². The molecular formula is C23H44N6O. The molecule has 3 fully saturated rings. The number of aliphatic imine (C=N–C) groups is 1. The summed E-state index contributed by atoms with van der Waals surface area (Å²) in [6.07, 6.45) is 10.3. The van der Waals surface area contributed by atoms with Gasteiger partial charge in [-0.05, 0) is 65.1 Å². The molecule has 1 atom stereocenters. The highest BCUT2D eigenvalue weighted by atomic mass is 16.2. The summed E-state index contributed by atoms with van der Waals surface area (Å²) in [6.45, 7) is 12.6. The first-order valence-electron chi connectivity index (χ1n) is 12.4. The summed E-state index contributed by atoms with van der Waals surface area (Å²) in [6, 6.07) is 0.000119. The SMILES string of the molecule is CN=C(NCCCCCN1CCCCC1)N1CCN(C(C)C(=O)N2CCCC2)CC1. The average Bonchev–Trinajstić information content (AvgIpc) is 3.33. The molecule has 1 N–H and O–H groups in total. The Bertz CT molecular complexity index is 534. The van der Waals surface area contributed by atoms with E-state index in [-0.39, 0.29) is 6.04 Å². The number of guanidine groups is 1. The molecule has 7 heteroatoms. The summed E-state index contributed by atoms with van der Waals surface area (Å²) in [7, 11) is 1.88. The maximum absolute atomic E-state index is 12.7. The Morgan fingerprint density at radius 1 is 0.833 bits per heavy atom. The van der Waals surface area contributed by atoms with Gasteiger partial charge in [0.05, 0.1) is 6.04 Å². The lowest BCUT2D eigenvalue weighted by molar-refractivity contribution is -0.135. The van der Waals surface area contributed by atoms with Crippen LogP contribution in [-0.4, -0.2) is 110 Å². The lowest BCUT2D eigenvalue weighted by Crippen LogP contribution is -2.57. The molecule has 0 aromatic carbocycles. The van der Waals surface area contributed by atoms with Crippen molar-refractivity contribution in [2.24, 2.45) is 4.99 Å². The highest BCUT2D eigenvalue weighted by molar-refractivity contribution is 5.82. The molecule has 0 radical (unpaired) electrons. The van der Waals surface area contributed by atoms with E-state index < -0.39 is 0 Å². The molecule has 0 bridgehead atoms. The topological polar surface area (TPSA) is 54.4 Å². The highest BCUT2D eigenvalue weighted by Gasteiger charge is 2.30. The van der Waals surface area contributed by atoms with Gasteiger partial charge in [0.1, 0.15) is 0 Å². The average molecular weight is 421 g/mol. The van der Waals surface area contributed by atoms with Crippen LogP contribution in [-0.2, 0) is 4.79 Å². The molecule has 0 spiro atoms. The largest absolute Gasteiger partial charge is 0.356 e. The van der Waals surface area contributed by atoms with Gasteiger partial charge >= 0.3 is 0 Å². The van der Waals surface area contributed by atoms with Crippen molar-refractivity contribution in [1.29, 1.82) is 0 Å². The number of hydrogen-bond donors (Lipinski definition) is 1. The molecule has 0 aliphatic carbocycles. The summed E-state index contributed by atoms with van der Waals surface area (Å²) in [5.74, 6) is 1.33. The van der Waals surface area contributed by atoms with Gasteiger partial charge in [0.25, 0.3) is 0 Å². The maximum atomic E-state index is 12.7. The van der Waals surface area contributed by atoms with Crippen molar-refractivity contribution in [2.45, 2.75) is 64.3 Å². The number of nitrogens with zero attached hydrogens (tertiary/aromatic N) is 5. The van der Waals surface area contributed by atoms with Gasteiger partial charge < -0.3 is 20.0 Å². The number of unbranched alkanes of at least 4 members (excludes halogenated alkanes) is 2. The fourth-order valence-electron chi connectivity index (χ4n) is 5.03. The number of piperazine rings is 1. The normalized spacial score (nSPS) is 23.1. The third kappa shape index (κ3) is 6.84. The first kappa shape index (κ1) is 23.3. The van der Waals surface area contributed by atoms with E-state index in [1.807, 2.05) is 11.9 Å². The first-order valence-corrected chi connectivity index (χ1v) is 12.4. The molecule has 0 aromatic heterocycles. The van der Waals surface area contributed by atoms with E-state index >= 15 is 0 Å². The predicted octanol–water partition coefficient (Wildman–Crippen LogP) is 1.85. The van der Waals surface area contributed by atoms with Crippen LogP contribution in [0, 0.1) is 0 Å². The van der Waals surface area contributed by atoms with E-state index in [0.717, 1.165) is 64.6 Å². The van der Waals surface area contributed by atoms with Gasteiger partial charge in [-0.15, -0.1) is 0 Å². The van der Waals surface area contributed by atoms with Crippen LogP contribution in [0.4, 0.5) is 0 Å².